The quantitative estimate of drug-likeness (QED) is 0.843. The molecule has 0 spiro atoms. The van der Waals surface area contributed by atoms with Crippen LogP contribution in [0.25, 0.3) is 0 Å². The molecule has 0 aliphatic rings. The van der Waals surface area contributed by atoms with Crippen molar-refractivity contribution in [2.75, 3.05) is 6.26 Å². The topological polar surface area (TPSA) is 42.4 Å². The van der Waals surface area contributed by atoms with E-state index in [9.17, 15) is 5.11 Å². The monoisotopic (exact) mass is 247 g/mol. The van der Waals surface area contributed by atoms with Gasteiger partial charge in [-0.1, -0.05) is 12.1 Å². The summed E-state index contributed by atoms with van der Waals surface area (Å²) in [6.45, 7) is -0.0563. The average Bonchev–Trinajstić information content (AvgIpc) is 2.40. The lowest BCUT2D eigenvalue weighted by Gasteiger charge is -2.11. The Morgan fingerprint density at radius 1 is 1.24 bits per heavy atom. The van der Waals surface area contributed by atoms with Gasteiger partial charge in [-0.15, -0.1) is 11.8 Å². The number of thioether (sulfide) groups is 1. The summed E-state index contributed by atoms with van der Waals surface area (Å²) < 4.78 is 5.78. The molecule has 0 saturated heterocycles. The molecule has 0 unspecified atom stereocenters. The molecule has 0 aliphatic heterocycles. The molecule has 0 radical (unpaired) electrons. The molecule has 1 heterocycles. The first kappa shape index (κ1) is 12.0. The van der Waals surface area contributed by atoms with Crippen LogP contribution in [0.5, 0.6) is 11.5 Å². The zero-order chi connectivity index (χ0) is 12.1. The van der Waals surface area contributed by atoms with Crippen LogP contribution >= 0.6 is 11.8 Å². The van der Waals surface area contributed by atoms with E-state index >= 15 is 0 Å². The third-order valence-electron chi connectivity index (χ3n) is 2.33. The lowest BCUT2D eigenvalue weighted by Crippen LogP contribution is -1.93. The molecule has 0 atom stereocenters. The van der Waals surface area contributed by atoms with Crippen LogP contribution in [-0.4, -0.2) is 16.3 Å². The second-order valence-corrected chi connectivity index (χ2v) is 4.24. The molecule has 0 amide bonds. The van der Waals surface area contributed by atoms with E-state index in [1.165, 1.54) is 0 Å². The molecule has 4 heteroatoms. The molecular weight excluding hydrogens is 234 g/mol. The van der Waals surface area contributed by atoms with Crippen LogP contribution in [0, 0.1) is 0 Å². The number of aromatic nitrogens is 1. The number of rotatable bonds is 4. The fourth-order valence-electron chi connectivity index (χ4n) is 1.45. The van der Waals surface area contributed by atoms with Gasteiger partial charge < -0.3 is 9.84 Å². The summed E-state index contributed by atoms with van der Waals surface area (Å²) in [6, 6.07) is 9.53. The zero-order valence-corrected chi connectivity index (χ0v) is 10.3. The Kier molecular flexibility index (Phi) is 4.01. The van der Waals surface area contributed by atoms with Crippen LogP contribution in [0.4, 0.5) is 0 Å². The maximum Gasteiger partial charge on any atom is 0.151 e. The van der Waals surface area contributed by atoms with Gasteiger partial charge in [0.15, 0.2) is 5.75 Å². The molecule has 1 N–H and O–H groups in total. The SMILES string of the molecule is CSc1ccccc1Oc1cnccc1CO. The van der Waals surface area contributed by atoms with Gasteiger partial charge in [0.05, 0.1) is 12.8 Å². The van der Waals surface area contributed by atoms with E-state index in [0.717, 1.165) is 16.2 Å². The van der Waals surface area contributed by atoms with Crippen molar-refractivity contribution in [2.45, 2.75) is 11.5 Å². The third-order valence-corrected chi connectivity index (χ3v) is 3.11. The number of nitrogens with zero attached hydrogens (tertiary/aromatic N) is 1. The Morgan fingerprint density at radius 3 is 2.82 bits per heavy atom. The van der Waals surface area contributed by atoms with Gasteiger partial charge >= 0.3 is 0 Å². The van der Waals surface area contributed by atoms with E-state index in [2.05, 4.69) is 4.98 Å². The van der Waals surface area contributed by atoms with Crippen molar-refractivity contribution >= 4 is 11.8 Å². The second-order valence-electron chi connectivity index (χ2n) is 3.39. The minimum absolute atomic E-state index is 0.0563. The molecule has 0 saturated carbocycles. The van der Waals surface area contributed by atoms with Crippen LogP contribution in [0.2, 0.25) is 0 Å². The molecule has 3 nitrogen and oxygen atoms in total. The fourth-order valence-corrected chi connectivity index (χ4v) is 1.98. The zero-order valence-electron chi connectivity index (χ0n) is 9.46. The van der Waals surface area contributed by atoms with E-state index in [4.69, 9.17) is 4.74 Å². The molecule has 2 rings (SSSR count). The number of hydrogen-bond donors (Lipinski definition) is 1. The Morgan fingerprint density at radius 2 is 2.06 bits per heavy atom. The first-order chi connectivity index (χ1) is 8.35. The average molecular weight is 247 g/mol. The van der Waals surface area contributed by atoms with E-state index in [-0.39, 0.29) is 6.61 Å². The van der Waals surface area contributed by atoms with Crippen molar-refractivity contribution in [3.05, 3.63) is 48.3 Å². The molecule has 1 aromatic carbocycles. The predicted octanol–water partition coefficient (Wildman–Crippen LogP) is 3.09. The van der Waals surface area contributed by atoms with Crippen LogP contribution in [0.3, 0.4) is 0 Å². The van der Waals surface area contributed by atoms with Crippen molar-refractivity contribution in [3.8, 4) is 11.5 Å². The van der Waals surface area contributed by atoms with Gasteiger partial charge in [-0.25, -0.2) is 0 Å². The van der Waals surface area contributed by atoms with E-state index in [1.807, 2.05) is 30.5 Å². The predicted molar refractivity (Wildman–Crippen MR) is 68.5 cm³/mol. The molecular formula is C13H13NO2S. The van der Waals surface area contributed by atoms with Crippen molar-refractivity contribution in [1.82, 2.24) is 4.98 Å². The molecule has 2 aromatic rings. The van der Waals surface area contributed by atoms with Gasteiger partial charge in [0.2, 0.25) is 0 Å². The minimum atomic E-state index is -0.0563. The molecule has 0 fully saturated rings. The number of aliphatic hydroxyl groups excluding tert-OH is 1. The molecule has 1 aromatic heterocycles. The van der Waals surface area contributed by atoms with Gasteiger partial charge in [0, 0.05) is 16.7 Å². The van der Waals surface area contributed by atoms with Crippen LogP contribution in [0.1, 0.15) is 5.56 Å². The summed E-state index contributed by atoms with van der Waals surface area (Å²) in [5.41, 5.74) is 0.732. The summed E-state index contributed by atoms with van der Waals surface area (Å²) in [4.78, 5) is 5.06. The summed E-state index contributed by atoms with van der Waals surface area (Å²) in [5, 5.41) is 9.21. The Bertz CT molecular complexity index is 457. The number of para-hydroxylation sites is 1. The Labute approximate surface area is 104 Å². The summed E-state index contributed by atoms with van der Waals surface area (Å²) in [6.07, 6.45) is 5.25. The fraction of sp³-hybridized carbons (Fsp3) is 0.154. The number of benzene rings is 1. The summed E-state index contributed by atoms with van der Waals surface area (Å²) >= 11 is 1.62. The number of pyridine rings is 1. The number of aliphatic hydroxyl groups is 1. The number of hydrogen-bond acceptors (Lipinski definition) is 4. The van der Waals surface area contributed by atoms with Crippen molar-refractivity contribution < 1.29 is 9.84 Å². The molecule has 0 aliphatic carbocycles. The van der Waals surface area contributed by atoms with Crippen molar-refractivity contribution in [3.63, 3.8) is 0 Å². The maximum atomic E-state index is 9.21. The smallest absolute Gasteiger partial charge is 0.151 e. The first-order valence-electron chi connectivity index (χ1n) is 5.19. The normalized spacial score (nSPS) is 10.2. The van der Waals surface area contributed by atoms with E-state index < -0.39 is 0 Å². The van der Waals surface area contributed by atoms with Gasteiger partial charge in [-0.3, -0.25) is 4.98 Å². The summed E-state index contributed by atoms with van der Waals surface area (Å²) in [7, 11) is 0. The van der Waals surface area contributed by atoms with Crippen molar-refractivity contribution in [2.24, 2.45) is 0 Å². The highest BCUT2D eigenvalue weighted by Crippen LogP contribution is 2.32. The molecule has 17 heavy (non-hydrogen) atoms. The second kappa shape index (κ2) is 5.70. The highest BCUT2D eigenvalue weighted by atomic mass is 32.2. The highest BCUT2D eigenvalue weighted by Gasteiger charge is 2.06. The maximum absolute atomic E-state index is 9.21. The lowest BCUT2D eigenvalue weighted by atomic mass is 10.2. The van der Waals surface area contributed by atoms with E-state index in [0.29, 0.717) is 5.75 Å². The van der Waals surface area contributed by atoms with E-state index in [1.54, 1.807) is 30.2 Å². The van der Waals surface area contributed by atoms with Gasteiger partial charge in [-0.05, 0) is 24.5 Å². The molecule has 88 valence electrons. The first-order valence-corrected chi connectivity index (χ1v) is 6.42. The highest BCUT2D eigenvalue weighted by molar-refractivity contribution is 7.98. The standard InChI is InChI=1S/C13H13NO2S/c1-17-13-5-3-2-4-11(13)16-12-8-14-7-6-10(12)9-15/h2-8,15H,9H2,1H3. The van der Waals surface area contributed by atoms with Gasteiger partial charge in [0.1, 0.15) is 5.75 Å². The Balaban J connectivity index is 2.31. The third kappa shape index (κ3) is 2.78. The van der Waals surface area contributed by atoms with Crippen LogP contribution in [0.15, 0.2) is 47.6 Å². The Hall–Kier alpha value is -1.52. The lowest BCUT2D eigenvalue weighted by molar-refractivity contribution is 0.276. The largest absolute Gasteiger partial charge is 0.454 e. The van der Waals surface area contributed by atoms with Crippen LogP contribution < -0.4 is 4.74 Å². The van der Waals surface area contributed by atoms with Crippen molar-refractivity contribution in [1.29, 1.82) is 0 Å². The van der Waals surface area contributed by atoms with Crippen LogP contribution in [-0.2, 0) is 6.61 Å². The molecule has 0 bridgehead atoms. The minimum Gasteiger partial charge on any atom is -0.454 e. The summed E-state index contributed by atoms with van der Waals surface area (Å²) in [5.74, 6) is 1.37. The van der Waals surface area contributed by atoms with Gasteiger partial charge in [0.25, 0.3) is 0 Å². The number of ether oxygens (including phenoxy) is 1. The van der Waals surface area contributed by atoms with Gasteiger partial charge in [-0.2, -0.15) is 0 Å².